The minimum absolute atomic E-state index is 0.472. The van der Waals surface area contributed by atoms with Crippen molar-refractivity contribution in [1.29, 1.82) is 0 Å². The fraction of sp³-hybridized carbons (Fsp3) is 0.333. The average molecular weight is 339 g/mol. The molecule has 0 aliphatic heterocycles. The standard InChI is InChI=1S/C15H19ClN4O3/c1-21-5-4-17-14-8-15(19-9-18-14)20-11-7-12(22-2)10(16)6-13(11)23-3/h6-9H,4-5H2,1-3H3,(H2,17,18,19,20). The zero-order chi connectivity index (χ0) is 16.7. The summed E-state index contributed by atoms with van der Waals surface area (Å²) in [6.07, 6.45) is 1.47. The maximum absolute atomic E-state index is 6.10. The lowest BCUT2D eigenvalue weighted by Gasteiger charge is -2.14. The molecule has 0 aliphatic rings. The highest BCUT2D eigenvalue weighted by Gasteiger charge is 2.11. The fourth-order valence-electron chi connectivity index (χ4n) is 1.90. The third kappa shape index (κ3) is 4.61. The molecule has 0 unspecified atom stereocenters. The molecule has 2 N–H and O–H groups in total. The van der Waals surface area contributed by atoms with Gasteiger partial charge in [0, 0.05) is 31.9 Å². The minimum Gasteiger partial charge on any atom is -0.495 e. The minimum atomic E-state index is 0.472. The largest absolute Gasteiger partial charge is 0.495 e. The second kappa shape index (κ2) is 8.40. The van der Waals surface area contributed by atoms with Gasteiger partial charge in [-0.3, -0.25) is 0 Å². The number of benzene rings is 1. The van der Waals surface area contributed by atoms with Crippen LogP contribution in [0.5, 0.6) is 11.5 Å². The lowest BCUT2D eigenvalue weighted by atomic mass is 10.2. The monoisotopic (exact) mass is 338 g/mol. The van der Waals surface area contributed by atoms with E-state index in [1.165, 1.54) is 6.33 Å². The molecule has 1 aromatic heterocycles. The Hall–Kier alpha value is -2.25. The highest BCUT2D eigenvalue weighted by molar-refractivity contribution is 6.32. The molecule has 0 bridgehead atoms. The summed E-state index contributed by atoms with van der Waals surface area (Å²) in [5, 5.41) is 6.78. The predicted octanol–water partition coefficient (Wildman–Crippen LogP) is 2.95. The topological polar surface area (TPSA) is 77.5 Å². The van der Waals surface area contributed by atoms with Gasteiger partial charge in [0.25, 0.3) is 0 Å². The van der Waals surface area contributed by atoms with Gasteiger partial charge in [-0.15, -0.1) is 0 Å². The molecule has 0 atom stereocenters. The Labute approximate surface area is 139 Å². The Kier molecular flexibility index (Phi) is 6.25. The molecule has 0 radical (unpaired) electrons. The summed E-state index contributed by atoms with van der Waals surface area (Å²) in [7, 11) is 4.77. The maximum Gasteiger partial charge on any atom is 0.144 e. The smallest absolute Gasteiger partial charge is 0.144 e. The zero-order valence-corrected chi connectivity index (χ0v) is 14.0. The van der Waals surface area contributed by atoms with E-state index in [9.17, 15) is 0 Å². The van der Waals surface area contributed by atoms with Gasteiger partial charge in [0.2, 0.25) is 0 Å². The summed E-state index contributed by atoms with van der Waals surface area (Å²) < 4.78 is 15.5. The van der Waals surface area contributed by atoms with Crippen molar-refractivity contribution in [1.82, 2.24) is 9.97 Å². The van der Waals surface area contributed by atoms with Gasteiger partial charge in [-0.1, -0.05) is 11.6 Å². The van der Waals surface area contributed by atoms with Crippen molar-refractivity contribution in [3.05, 3.63) is 29.5 Å². The highest BCUT2D eigenvalue weighted by Crippen LogP contribution is 2.37. The first-order valence-electron chi connectivity index (χ1n) is 6.91. The van der Waals surface area contributed by atoms with E-state index < -0.39 is 0 Å². The second-order valence-electron chi connectivity index (χ2n) is 4.52. The van der Waals surface area contributed by atoms with Gasteiger partial charge in [0.05, 0.1) is 31.5 Å². The number of rotatable bonds is 8. The zero-order valence-electron chi connectivity index (χ0n) is 13.2. The van der Waals surface area contributed by atoms with E-state index in [4.69, 9.17) is 25.8 Å². The van der Waals surface area contributed by atoms with E-state index in [1.54, 1.807) is 39.5 Å². The maximum atomic E-state index is 6.10. The molecule has 2 rings (SSSR count). The molecular weight excluding hydrogens is 320 g/mol. The third-order valence-corrected chi connectivity index (χ3v) is 3.31. The molecule has 124 valence electrons. The number of ether oxygens (including phenoxy) is 3. The Morgan fingerprint density at radius 1 is 1.00 bits per heavy atom. The van der Waals surface area contributed by atoms with Crippen LogP contribution in [0.2, 0.25) is 5.02 Å². The van der Waals surface area contributed by atoms with Gasteiger partial charge in [0.15, 0.2) is 0 Å². The third-order valence-electron chi connectivity index (χ3n) is 3.02. The molecule has 2 aromatic rings. The van der Waals surface area contributed by atoms with Crippen LogP contribution in [0.1, 0.15) is 0 Å². The number of halogens is 1. The highest BCUT2D eigenvalue weighted by atomic mass is 35.5. The van der Waals surface area contributed by atoms with Crippen molar-refractivity contribution >= 4 is 28.9 Å². The summed E-state index contributed by atoms with van der Waals surface area (Å²) in [4.78, 5) is 8.34. The number of anilines is 3. The van der Waals surface area contributed by atoms with Crippen LogP contribution >= 0.6 is 11.6 Å². The molecule has 1 heterocycles. The first-order valence-corrected chi connectivity index (χ1v) is 7.29. The average Bonchev–Trinajstić information content (AvgIpc) is 2.56. The van der Waals surface area contributed by atoms with Gasteiger partial charge in [0.1, 0.15) is 29.5 Å². The molecule has 23 heavy (non-hydrogen) atoms. The quantitative estimate of drug-likeness (QED) is 0.716. The summed E-state index contributed by atoms with van der Waals surface area (Å²) in [5.74, 6) is 2.44. The molecule has 7 nitrogen and oxygen atoms in total. The van der Waals surface area contributed by atoms with Gasteiger partial charge < -0.3 is 24.8 Å². The number of hydrogen-bond acceptors (Lipinski definition) is 7. The van der Waals surface area contributed by atoms with Gasteiger partial charge >= 0.3 is 0 Å². The number of nitrogens with zero attached hydrogens (tertiary/aromatic N) is 2. The SMILES string of the molecule is COCCNc1cc(Nc2cc(OC)c(Cl)cc2OC)ncn1. The lowest BCUT2D eigenvalue weighted by Crippen LogP contribution is -2.09. The number of hydrogen-bond donors (Lipinski definition) is 2. The van der Waals surface area contributed by atoms with Crippen LogP contribution in [0.15, 0.2) is 24.5 Å². The van der Waals surface area contributed by atoms with Crippen molar-refractivity contribution in [2.24, 2.45) is 0 Å². The molecule has 0 aliphatic carbocycles. The fourth-order valence-corrected chi connectivity index (χ4v) is 2.13. The second-order valence-corrected chi connectivity index (χ2v) is 4.93. The summed E-state index contributed by atoms with van der Waals surface area (Å²) in [6.45, 7) is 1.25. The summed E-state index contributed by atoms with van der Waals surface area (Å²) in [5.41, 5.74) is 0.690. The summed E-state index contributed by atoms with van der Waals surface area (Å²) in [6, 6.07) is 5.22. The Morgan fingerprint density at radius 2 is 1.74 bits per heavy atom. The number of nitrogens with one attached hydrogen (secondary N) is 2. The summed E-state index contributed by atoms with van der Waals surface area (Å²) >= 11 is 6.10. The molecule has 8 heteroatoms. The number of methoxy groups -OCH3 is 3. The van der Waals surface area contributed by atoms with Crippen LogP contribution in [0.25, 0.3) is 0 Å². The van der Waals surface area contributed by atoms with E-state index in [0.717, 1.165) is 0 Å². The number of aromatic nitrogens is 2. The molecule has 1 aromatic carbocycles. The van der Waals surface area contributed by atoms with Crippen molar-refractivity contribution in [2.45, 2.75) is 0 Å². The Bertz CT molecular complexity index is 655. The molecule has 0 fully saturated rings. The first-order chi connectivity index (χ1) is 11.2. The van der Waals surface area contributed by atoms with Crippen molar-refractivity contribution in [2.75, 3.05) is 45.1 Å². The molecule has 0 spiro atoms. The first kappa shape index (κ1) is 17.1. The van der Waals surface area contributed by atoms with Gasteiger partial charge in [-0.25, -0.2) is 9.97 Å². The van der Waals surface area contributed by atoms with Crippen molar-refractivity contribution < 1.29 is 14.2 Å². The van der Waals surface area contributed by atoms with Crippen LogP contribution in [0.3, 0.4) is 0 Å². The molecule has 0 saturated carbocycles. The molecular formula is C15H19ClN4O3. The predicted molar refractivity (Wildman–Crippen MR) is 90.2 cm³/mol. The van der Waals surface area contributed by atoms with E-state index in [1.807, 2.05) is 0 Å². The molecule has 0 amide bonds. The van der Waals surface area contributed by atoms with Crippen molar-refractivity contribution in [3.8, 4) is 11.5 Å². The van der Waals surface area contributed by atoms with Crippen molar-refractivity contribution in [3.63, 3.8) is 0 Å². The Balaban J connectivity index is 2.19. The van der Waals surface area contributed by atoms with Crippen LogP contribution in [-0.4, -0.2) is 44.4 Å². The van der Waals surface area contributed by atoms with Crippen LogP contribution < -0.4 is 20.1 Å². The normalized spacial score (nSPS) is 10.3. The van der Waals surface area contributed by atoms with E-state index in [0.29, 0.717) is 47.0 Å². The lowest BCUT2D eigenvalue weighted by molar-refractivity contribution is 0.210. The van der Waals surface area contributed by atoms with Crippen LogP contribution in [0.4, 0.5) is 17.3 Å². The van der Waals surface area contributed by atoms with E-state index in [-0.39, 0.29) is 0 Å². The van der Waals surface area contributed by atoms with Crippen LogP contribution in [-0.2, 0) is 4.74 Å². The van der Waals surface area contributed by atoms with Gasteiger partial charge in [-0.2, -0.15) is 0 Å². The van der Waals surface area contributed by atoms with E-state index in [2.05, 4.69) is 20.6 Å². The van der Waals surface area contributed by atoms with Gasteiger partial charge in [-0.05, 0) is 0 Å². The van der Waals surface area contributed by atoms with Crippen LogP contribution in [0, 0.1) is 0 Å². The van der Waals surface area contributed by atoms with E-state index >= 15 is 0 Å². The Morgan fingerprint density at radius 3 is 2.43 bits per heavy atom. The molecule has 0 saturated heterocycles.